The lowest BCUT2D eigenvalue weighted by atomic mass is 10.1. The van der Waals surface area contributed by atoms with E-state index in [2.05, 4.69) is 9.97 Å². The third kappa shape index (κ3) is 3.49. The fourth-order valence-corrected chi connectivity index (χ4v) is 4.92. The summed E-state index contributed by atoms with van der Waals surface area (Å²) < 4.78 is 0. The number of aromatic carboxylic acids is 2. The van der Waals surface area contributed by atoms with Gasteiger partial charge in [-0.15, -0.1) is 22.7 Å². The second-order valence-electron chi connectivity index (χ2n) is 6.21. The number of thiophene rings is 2. The van der Waals surface area contributed by atoms with Gasteiger partial charge < -0.3 is 21.7 Å². The van der Waals surface area contributed by atoms with Crippen LogP contribution in [-0.2, 0) is 0 Å². The van der Waals surface area contributed by atoms with E-state index in [-0.39, 0.29) is 22.8 Å². The number of rotatable bonds is 5. The Labute approximate surface area is 178 Å². The molecule has 6 N–H and O–H groups in total. The molecule has 0 aliphatic heterocycles. The maximum atomic E-state index is 11.4. The quantitative estimate of drug-likeness (QED) is 0.362. The van der Waals surface area contributed by atoms with Crippen LogP contribution in [0.15, 0.2) is 47.8 Å². The van der Waals surface area contributed by atoms with Crippen LogP contribution < -0.4 is 11.5 Å². The summed E-state index contributed by atoms with van der Waals surface area (Å²) >= 11 is 2.69. The molecule has 0 radical (unpaired) electrons. The van der Waals surface area contributed by atoms with Gasteiger partial charge in [0.25, 0.3) is 0 Å². The fraction of sp³-hybridized carbons (Fsp3) is 0. The Hall–Kier alpha value is -3.76. The van der Waals surface area contributed by atoms with Crippen molar-refractivity contribution < 1.29 is 19.8 Å². The molecule has 150 valence electrons. The van der Waals surface area contributed by atoms with E-state index in [1.165, 1.54) is 34.8 Å². The molecule has 0 bridgehead atoms. The number of carbonyl (C=O) groups is 2. The molecule has 30 heavy (non-hydrogen) atoms. The second kappa shape index (κ2) is 7.58. The summed E-state index contributed by atoms with van der Waals surface area (Å²) in [6.07, 6.45) is 0. The zero-order chi connectivity index (χ0) is 21.4. The van der Waals surface area contributed by atoms with Gasteiger partial charge in [-0.05, 0) is 35.7 Å². The lowest BCUT2D eigenvalue weighted by Gasteiger charge is -2.09. The van der Waals surface area contributed by atoms with Gasteiger partial charge in [0.2, 0.25) is 0 Å². The van der Waals surface area contributed by atoms with Crippen molar-refractivity contribution in [1.82, 2.24) is 9.97 Å². The zero-order valence-electron chi connectivity index (χ0n) is 15.2. The van der Waals surface area contributed by atoms with Crippen molar-refractivity contribution in [3.8, 4) is 31.6 Å². The Morgan fingerprint density at radius 2 is 1.43 bits per heavy atom. The van der Waals surface area contributed by atoms with E-state index in [1.54, 1.807) is 29.6 Å². The first-order chi connectivity index (χ1) is 14.3. The summed E-state index contributed by atoms with van der Waals surface area (Å²) in [6, 6.07) is 11.3. The van der Waals surface area contributed by atoms with Crippen molar-refractivity contribution in [2.24, 2.45) is 0 Å². The van der Waals surface area contributed by atoms with Crippen molar-refractivity contribution in [1.29, 1.82) is 0 Å². The number of aromatic nitrogens is 2. The molecule has 0 saturated heterocycles. The average Bonchev–Trinajstić information content (AvgIpc) is 3.38. The number of nitrogens with two attached hydrogens (primary N) is 2. The van der Waals surface area contributed by atoms with Crippen molar-refractivity contribution in [2.75, 3.05) is 11.5 Å². The Morgan fingerprint density at radius 3 is 2.10 bits per heavy atom. The van der Waals surface area contributed by atoms with Gasteiger partial charge in [-0.1, -0.05) is 12.1 Å². The van der Waals surface area contributed by atoms with Crippen LogP contribution in [0, 0.1) is 0 Å². The van der Waals surface area contributed by atoms with Gasteiger partial charge in [0.15, 0.2) is 11.6 Å². The van der Waals surface area contributed by atoms with Gasteiger partial charge in [0.05, 0.1) is 20.9 Å². The van der Waals surface area contributed by atoms with E-state index in [0.29, 0.717) is 26.7 Å². The van der Waals surface area contributed by atoms with Gasteiger partial charge in [0.1, 0.15) is 11.4 Å². The molecule has 4 rings (SSSR count). The number of hydrogen-bond donors (Lipinski definition) is 4. The van der Waals surface area contributed by atoms with Crippen LogP contribution in [0.5, 0.6) is 0 Å². The fourth-order valence-electron chi connectivity index (χ4n) is 2.88. The SMILES string of the molecule is Nc1nc(-c2ccc(-c3sccc3C(=O)O)s2)c(N)nc1-c1ccc(C(=O)O)cc1. The normalized spacial score (nSPS) is 10.8. The minimum atomic E-state index is -1.03. The molecule has 0 aliphatic carbocycles. The molecule has 4 aromatic rings. The molecular formula is C20H14N4O4S2. The number of benzene rings is 1. The highest BCUT2D eigenvalue weighted by molar-refractivity contribution is 7.23. The number of carboxylic acid groups (broad SMARTS) is 2. The third-order valence-electron chi connectivity index (χ3n) is 4.31. The van der Waals surface area contributed by atoms with Crippen LogP contribution in [0.1, 0.15) is 20.7 Å². The Kier molecular flexibility index (Phi) is 4.94. The van der Waals surface area contributed by atoms with Crippen molar-refractivity contribution in [3.05, 3.63) is 59.0 Å². The van der Waals surface area contributed by atoms with Crippen LogP contribution in [-0.4, -0.2) is 32.1 Å². The van der Waals surface area contributed by atoms with Crippen LogP contribution in [0.25, 0.3) is 31.6 Å². The Bertz CT molecular complexity index is 1280. The number of nitrogens with zero attached hydrogens (tertiary/aromatic N) is 2. The van der Waals surface area contributed by atoms with Gasteiger partial charge in [0, 0.05) is 10.4 Å². The van der Waals surface area contributed by atoms with Crippen molar-refractivity contribution in [2.45, 2.75) is 0 Å². The van der Waals surface area contributed by atoms with Crippen molar-refractivity contribution >= 4 is 46.2 Å². The monoisotopic (exact) mass is 438 g/mol. The maximum absolute atomic E-state index is 11.4. The molecule has 0 amide bonds. The summed E-state index contributed by atoms with van der Waals surface area (Å²) in [4.78, 5) is 33.3. The van der Waals surface area contributed by atoms with Crippen LogP contribution in [0.3, 0.4) is 0 Å². The van der Waals surface area contributed by atoms with E-state index in [0.717, 1.165) is 4.88 Å². The number of hydrogen-bond acceptors (Lipinski definition) is 8. The number of carboxylic acids is 2. The molecule has 0 unspecified atom stereocenters. The number of nitrogen functional groups attached to an aromatic ring is 2. The smallest absolute Gasteiger partial charge is 0.337 e. The van der Waals surface area contributed by atoms with Crippen molar-refractivity contribution in [3.63, 3.8) is 0 Å². The summed E-state index contributed by atoms with van der Waals surface area (Å²) in [5.41, 5.74) is 14.0. The zero-order valence-corrected chi connectivity index (χ0v) is 16.8. The Balaban J connectivity index is 1.71. The van der Waals surface area contributed by atoms with E-state index < -0.39 is 11.9 Å². The van der Waals surface area contributed by atoms with Gasteiger partial charge in [-0.2, -0.15) is 0 Å². The molecule has 3 aromatic heterocycles. The summed E-state index contributed by atoms with van der Waals surface area (Å²) in [5, 5.41) is 20.1. The van der Waals surface area contributed by atoms with E-state index >= 15 is 0 Å². The van der Waals surface area contributed by atoms with E-state index in [4.69, 9.17) is 16.6 Å². The topological polar surface area (TPSA) is 152 Å². The van der Waals surface area contributed by atoms with Crippen LogP contribution in [0.2, 0.25) is 0 Å². The summed E-state index contributed by atoms with van der Waals surface area (Å²) in [6.45, 7) is 0. The lowest BCUT2D eigenvalue weighted by molar-refractivity contribution is 0.0686. The lowest BCUT2D eigenvalue weighted by Crippen LogP contribution is -2.04. The molecule has 0 fully saturated rings. The molecule has 8 nitrogen and oxygen atoms in total. The molecule has 0 atom stereocenters. The summed E-state index contributed by atoms with van der Waals surface area (Å²) in [7, 11) is 0. The number of anilines is 2. The molecule has 3 heterocycles. The molecular weight excluding hydrogens is 424 g/mol. The highest BCUT2D eigenvalue weighted by atomic mass is 32.1. The highest BCUT2D eigenvalue weighted by Crippen LogP contribution is 2.40. The summed E-state index contributed by atoms with van der Waals surface area (Å²) in [5.74, 6) is -1.69. The molecule has 0 spiro atoms. The van der Waals surface area contributed by atoms with Gasteiger partial charge in [-0.25, -0.2) is 19.6 Å². The molecule has 0 saturated carbocycles. The predicted octanol–water partition coefficient (Wildman–Crippen LogP) is 4.16. The molecule has 10 heteroatoms. The average molecular weight is 438 g/mol. The standard InChI is InChI=1S/C20H14N4O4S2/c21-17-14(9-1-3-10(4-2-9)19(25)26)23-18(22)15(24-17)12-5-6-13(30-12)16-11(20(27)28)7-8-29-16/h1-8H,(H2,21,24)(H2,22,23)(H,25,26)(H,27,28). The van der Waals surface area contributed by atoms with E-state index in [9.17, 15) is 14.7 Å². The predicted molar refractivity (Wildman–Crippen MR) is 117 cm³/mol. The largest absolute Gasteiger partial charge is 0.478 e. The maximum Gasteiger partial charge on any atom is 0.337 e. The van der Waals surface area contributed by atoms with Crippen LogP contribution >= 0.6 is 22.7 Å². The van der Waals surface area contributed by atoms with Crippen LogP contribution in [0.4, 0.5) is 11.6 Å². The Morgan fingerprint density at radius 1 is 0.800 bits per heavy atom. The second-order valence-corrected chi connectivity index (χ2v) is 8.21. The molecule has 1 aromatic carbocycles. The van der Waals surface area contributed by atoms with Gasteiger partial charge >= 0.3 is 11.9 Å². The van der Waals surface area contributed by atoms with Gasteiger partial charge in [-0.3, -0.25) is 0 Å². The molecule has 0 aliphatic rings. The highest BCUT2D eigenvalue weighted by Gasteiger charge is 2.18. The minimum absolute atomic E-state index is 0.148. The van der Waals surface area contributed by atoms with E-state index in [1.807, 2.05) is 6.07 Å². The first kappa shape index (κ1) is 19.6. The first-order valence-electron chi connectivity index (χ1n) is 8.53. The third-order valence-corrected chi connectivity index (χ3v) is 6.50. The minimum Gasteiger partial charge on any atom is -0.478 e. The first-order valence-corrected chi connectivity index (χ1v) is 10.2.